The molecule has 0 amide bonds. The zero-order valence-corrected chi connectivity index (χ0v) is 12.0. The molecular formula is C11H14ClN3S2. The van der Waals surface area contributed by atoms with Gasteiger partial charge in [0.2, 0.25) is 0 Å². The molecule has 0 radical (unpaired) electrons. The molecule has 1 aromatic heterocycles. The van der Waals surface area contributed by atoms with Gasteiger partial charge in [-0.15, -0.1) is 11.3 Å². The van der Waals surface area contributed by atoms with Crippen LogP contribution in [0.1, 0.15) is 32.6 Å². The summed E-state index contributed by atoms with van der Waals surface area (Å²) in [7, 11) is 0. The second kappa shape index (κ2) is 4.16. The molecule has 3 rings (SSSR count). The number of hydrogen-bond donors (Lipinski definition) is 1. The number of amidine groups is 1. The predicted octanol–water partition coefficient (Wildman–Crippen LogP) is 4.08. The van der Waals surface area contributed by atoms with E-state index < -0.39 is 0 Å². The van der Waals surface area contributed by atoms with Crippen molar-refractivity contribution in [2.24, 2.45) is 15.7 Å². The van der Waals surface area contributed by atoms with Crippen molar-refractivity contribution in [3.05, 3.63) is 10.4 Å². The summed E-state index contributed by atoms with van der Waals surface area (Å²) < 4.78 is 6.46. The number of hydrazine groups is 1. The van der Waals surface area contributed by atoms with Gasteiger partial charge in [-0.2, -0.15) is 4.40 Å². The van der Waals surface area contributed by atoms with Crippen LogP contribution in [0.5, 0.6) is 0 Å². The minimum absolute atomic E-state index is 0.133. The molecule has 17 heavy (non-hydrogen) atoms. The largest absolute Gasteiger partial charge is 0.263 e. The summed E-state index contributed by atoms with van der Waals surface area (Å²) in [5, 5.41) is 1.74. The number of thiophene rings is 1. The molecular weight excluding hydrogens is 274 g/mol. The average Bonchev–Trinajstić information content (AvgIpc) is 2.85. The van der Waals surface area contributed by atoms with E-state index in [9.17, 15) is 0 Å². The normalized spacial score (nSPS) is 22.5. The molecule has 0 spiro atoms. The van der Waals surface area contributed by atoms with E-state index in [-0.39, 0.29) is 5.41 Å². The van der Waals surface area contributed by atoms with Gasteiger partial charge in [0.1, 0.15) is 10.0 Å². The molecule has 2 heterocycles. The molecule has 1 aromatic rings. The number of rotatable bonds is 1. The van der Waals surface area contributed by atoms with Crippen molar-refractivity contribution < 1.29 is 0 Å². The summed E-state index contributed by atoms with van der Waals surface area (Å²) in [6.45, 7) is 2.26. The molecule has 1 aliphatic carbocycles. The monoisotopic (exact) mass is 287 g/mol. The van der Waals surface area contributed by atoms with Crippen molar-refractivity contribution in [2.45, 2.75) is 36.8 Å². The smallest absolute Gasteiger partial charge is 0.138 e. The van der Waals surface area contributed by atoms with Gasteiger partial charge in [-0.25, -0.2) is 5.84 Å². The van der Waals surface area contributed by atoms with Crippen LogP contribution in [-0.4, -0.2) is 5.84 Å². The highest BCUT2D eigenvalue weighted by Gasteiger charge is 2.39. The third-order valence-corrected chi connectivity index (χ3v) is 5.76. The molecule has 0 aromatic carbocycles. The summed E-state index contributed by atoms with van der Waals surface area (Å²) in [6.07, 6.45) is 4.89. The Hall–Kier alpha value is -0.230. The number of hydrogen-bond acceptors (Lipinski definition) is 5. The van der Waals surface area contributed by atoms with Crippen LogP contribution in [-0.2, 0) is 0 Å². The van der Waals surface area contributed by atoms with Crippen molar-refractivity contribution in [2.75, 3.05) is 5.01 Å². The van der Waals surface area contributed by atoms with Crippen molar-refractivity contribution in [1.29, 1.82) is 0 Å². The zero-order chi connectivity index (χ0) is 12.0. The predicted molar refractivity (Wildman–Crippen MR) is 75.9 cm³/mol. The van der Waals surface area contributed by atoms with Gasteiger partial charge in [-0.05, 0) is 18.9 Å². The minimum Gasteiger partial charge on any atom is -0.263 e. The van der Waals surface area contributed by atoms with E-state index in [2.05, 4.69) is 11.3 Å². The van der Waals surface area contributed by atoms with Crippen molar-refractivity contribution in [1.82, 2.24) is 0 Å². The summed E-state index contributed by atoms with van der Waals surface area (Å²) in [4.78, 5) is 0. The van der Waals surface area contributed by atoms with Gasteiger partial charge in [0, 0.05) is 17.4 Å². The highest BCUT2D eigenvalue weighted by atomic mass is 35.5. The maximum atomic E-state index is 6.21. The van der Waals surface area contributed by atoms with Crippen LogP contribution in [0, 0.1) is 5.41 Å². The SMILES string of the molecule is CC1(C2=NSc3sc(Cl)cc3N2N)CCCC1. The number of anilines is 1. The van der Waals surface area contributed by atoms with E-state index in [0.717, 1.165) is 20.1 Å². The van der Waals surface area contributed by atoms with Crippen molar-refractivity contribution >= 4 is 46.4 Å². The van der Waals surface area contributed by atoms with Crippen LogP contribution in [0.3, 0.4) is 0 Å². The minimum atomic E-state index is 0.133. The Kier molecular flexibility index (Phi) is 2.89. The van der Waals surface area contributed by atoms with Gasteiger partial charge in [-0.1, -0.05) is 31.4 Å². The first-order valence-corrected chi connectivity index (χ1v) is 7.67. The van der Waals surface area contributed by atoms with Crippen LogP contribution >= 0.6 is 34.9 Å². The number of fused-ring (bicyclic) bond motifs is 1. The lowest BCUT2D eigenvalue weighted by Crippen LogP contribution is -2.46. The topological polar surface area (TPSA) is 41.6 Å². The Bertz CT molecular complexity index is 477. The molecule has 3 nitrogen and oxygen atoms in total. The molecule has 2 aliphatic rings. The fourth-order valence-electron chi connectivity index (χ4n) is 2.59. The van der Waals surface area contributed by atoms with Crippen LogP contribution in [0.2, 0.25) is 4.34 Å². The first-order chi connectivity index (χ1) is 8.10. The molecule has 0 bridgehead atoms. The van der Waals surface area contributed by atoms with Crippen molar-refractivity contribution in [3.8, 4) is 0 Å². The van der Waals surface area contributed by atoms with Gasteiger partial charge < -0.3 is 0 Å². The molecule has 1 fully saturated rings. The second-order valence-corrected chi connectivity index (χ2v) is 7.58. The highest BCUT2D eigenvalue weighted by Crippen LogP contribution is 2.48. The lowest BCUT2D eigenvalue weighted by Gasteiger charge is -2.34. The first kappa shape index (κ1) is 11.8. The molecule has 6 heteroatoms. The van der Waals surface area contributed by atoms with Crippen LogP contribution < -0.4 is 10.9 Å². The quantitative estimate of drug-likeness (QED) is 0.625. The molecule has 0 atom stereocenters. The Labute approximate surface area is 114 Å². The Balaban J connectivity index is 1.96. The Morgan fingerprint density at radius 1 is 1.47 bits per heavy atom. The van der Waals surface area contributed by atoms with Crippen LogP contribution in [0.25, 0.3) is 0 Å². The lowest BCUT2D eigenvalue weighted by molar-refractivity contribution is 0.479. The van der Waals surface area contributed by atoms with Gasteiger partial charge >= 0.3 is 0 Å². The fraction of sp³-hybridized carbons (Fsp3) is 0.545. The highest BCUT2D eigenvalue weighted by molar-refractivity contribution is 8.00. The third-order valence-electron chi connectivity index (χ3n) is 3.60. The maximum Gasteiger partial charge on any atom is 0.138 e. The van der Waals surface area contributed by atoms with E-state index in [4.69, 9.17) is 17.4 Å². The summed E-state index contributed by atoms with van der Waals surface area (Å²) in [5.41, 5.74) is 1.14. The van der Waals surface area contributed by atoms with E-state index in [1.807, 2.05) is 6.07 Å². The van der Waals surface area contributed by atoms with Gasteiger partial charge in [-0.3, -0.25) is 5.01 Å². The molecule has 1 aliphatic heterocycles. The van der Waals surface area contributed by atoms with Crippen LogP contribution in [0.15, 0.2) is 14.7 Å². The fourth-order valence-corrected chi connectivity index (χ4v) is 4.93. The maximum absolute atomic E-state index is 6.21. The van der Waals surface area contributed by atoms with E-state index in [1.54, 1.807) is 5.01 Å². The molecule has 92 valence electrons. The number of nitrogens with zero attached hydrogens (tertiary/aromatic N) is 2. The molecule has 2 N–H and O–H groups in total. The van der Waals surface area contributed by atoms with Gasteiger partial charge in [0.25, 0.3) is 0 Å². The van der Waals surface area contributed by atoms with E-state index in [1.165, 1.54) is 49.0 Å². The number of halogens is 1. The summed E-state index contributed by atoms with van der Waals surface area (Å²) in [6, 6.07) is 1.93. The molecule has 0 saturated heterocycles. The summed E-state index contributed by atoms with van der Waals surface area (Å²) in [5.74, 6) is 7.21. The van der Waals surface area contributed by atoms with Crippen LogP contribution in [0.4, 0.5) is 5.69 Å². The van der Waals surface area contributed by atoms with Gasteiger partial charge in [0.15, 0.2) is 0 Å². The number of nitrogens with two attached hydrogens (primary N) is 1. The standard InChI is InChI=1S/C11H14ClN3S2/c1-11(4-2-3-5-11)10-14-17-9-7(15(10)13)6-8(12)16-9/h6H,2-5,13H2,1H3. The third kappa shape index (κ3) is 1.89. The Morgan fingerprint density at radius 3 is 2.88 bits per heavy atom. The first-order valence-electron chi connectivity index (χ1n) is 5.70. The molecule has 1 saturated carbocycles. The lowest BCUT2D eigenvalue weighted by atomic mass is 9.87. The molecule has 0 unspecified atom stereocenters. The van der Waals surface area contributed by atoms with Crippen molar-refractivity contribution in [3.63, 3.8) is 0 Å². The Morgan fingerprint density at radius 2 is 2.18 bits per heavy atom. The van der Waals surface area contributed by atoms with E-state index >= 15 is 0 Å². The average molecular weight is 288 g/mol. The van der Waals surface area contributed by atoms with E-state index in [0.29, 0.717) is 0 Å². The summed E-state index contributed by atoms with van der Waals surface area (Å²) >= 11 is 9.07. The zero-order valence-electron chi connectivity index (χ0n) is 9.57. The second-order valence-electron chi connectivity index (χ2n) is 4.87. The van der Waals surface area contributed by atoms with Gasteiger partial charge in [0.05, 0.1) is 10.0 Å².